The van der Waals surface area contributed by atoms with Gasteiger partial charge in [-0.05, 0) is 12.0 Å². The topological polar surface area (TPSA) is 87.3 Å². The Hall–Kier alpha value is -2.37. The van der Waals surface area contributed by atoms with Crippen LogP contribution in [0.5, 0.6) is 0 Å². The van der Waals surface area contributed by atoms with Crippen molar-refractivity contribution < 1.29 is 14.4 Å². The Morgan fingerprint density at radius 1 is 1.25 bits per heavy atom. The van der Waals surface area contributed by atoms with Gasteiger partial charge in [-0.3, -0.25) is 14.9 Å². The molecule has 3 N–H and O–H groups in total. The SMILES string of the molecule is O=C(CC1CC(=O)NC(=O)N1)NCCc1ccccc1. The maximum absolute atomic E-state index is 11.7. The first-order valence-electron chi connectivity index (χ1n) is 6.54. The molecule has 6 nitrogen and oxygen atoms in total. The summed E-state index contributed by atoms with van der Waals surface area (Å²) in [4.78, 5) is 34.0. The molecular weight excluding hydrogens is 258 g/mol. The molecule has 1 atom stereocenters. The van der Waals surface area contributed by atoms with E-state index in [4.69, 9.17) is 0 Å². The van der Waals surface area contributed by atoms with E-state index in [1.54, 1.807) is 0 Å². The molecule has 1 aromatic carbocycles. The van der Waals surface area contributed by atoms with Crippen molar-refractivity contribution in [3.63, 3.8) is 0 Å². The van der Waals surface area contributed by atoms with Crippen LogP contribution >= 0.6 is 0 Å². The number of hydrogen-bond donors (Lipinski definition) is 3. The third-order valence-electron chi connectivity index (χ3n) is 3.03. The fourth-order valence-electron chi connectivity index (χ4n) is 2.08. The summed E-state index contributed by atoms with van der Waals surface area (Å²) in [6.45, 7) is 0.537. The molecule has 1 aliphatic rings. The Morgan fingerprint density at radius 2 is 2.00 bits per heavy atom. The number of benzene rings is 1. The third kappa shape index (κ3) is 4.38. The Labute approximate surface area is 116 Å². The summed E-state index contributed by atoms with van der Waals surface area (Å²) in [6.07, 6.45) is 1.01. The van der Waals surface area contributed by atoms with Crippen molar-refractivity contribution in [1.82, 2.24) is 16.0 Å². The molecule has 106 valence electrons. The van der Waals surface area contributed by atoms with Crippen LogP contribution in [-0.2, 0) is 16.0 Å². The fraction of sp³-hybridized carbons (Fsp3) is 0.357. The zero-order chi connectivity index (χ0) is 14.4. The summed E-state index contributed by atoms with van der Waals surface area (Å²) in [6, 6.07) is 8.88. The number of carbonyl (C=O) groups is 3. The molecule has 2 rings (SSSR count). The van der Waals surface area contributed by atoms with E-state index in [1.807, 2.05) is 30.3 Å². The minimum atomic E-state index is -0.539. The predicted octanol–water partition coefficient (Wildman–Crippen LogP) is 0.334. The molecule has 4 amide bonds. The van der Waals surface area contributed by atoms with E-state index in [0.29, 0.717) is 6.54 Å². The van der Waals surface area contributed by atoms with Crippen LogP contribution in [0.1, 0.15) is 18.4 Å². The smallest absolute Gasteiger partial charge is 0.321 e. The van der Waals surface area contributed by atoms with E-state index >= 15 is 0 Å². The first-order chi connectivity index (χ1) is 9.63. The van der Waals surface area contributed by atoms with Gasteiger partial charge in [-0.1, -0.05) is 30.3 Å². The van der Waals surface area contributed by atoms with Crippen LogP contribution in [0.3, 0.4) is 0 Å². The van der Waals surface area contributed by atoms with Crippen molar-refractivity contribution in [1.29, 1.82) is 0 Å². The third-order valence-corrected chi connectivity index (χ3v) is 3.03. The second-order valence-corrected chi connectivity index (χ2v) is 4.71. The Morgan fingerprint density at radius 3 is 2.70 bits per heavy atom. The molecule has 0 aromatic heterocycles. The van der Waals surface area contributed by atoms with Gasteiger partial charge >= 0.3 is 6.03 Å². The van der Waals surface area contributed by atoms with Gasteiger partial charge in [0, 0.05) is 25.4 Å². The van der Waals surface area contributed by atoms with Gasteiger partial charge in [0.1, 0.15) is 0 Å². The van der Waals surface area contributed by atoms with E-state index in [2.05, 4.69) is 16.0 Å². The van der Waals surface area contributed by atoms with E-state index in [0.717, 1.165) is 12.0 Å². The highest BCUT2D eigenvalue weighted by Gasteiger charge is 2.25. The van der Waals surface area contributed by atoms with Crippen molar-refractivity contribution in [2.75, 3.05) is 6.54 Å². The number of carbonyl (C=O) groups excluding carboxylic acids is 3. The van der Waals surface area contributed by atoms with Crippen LogP contribution in [0.2, 0.25) is 0 Å². The molecule has 1 fully saturated rings. The number of rotatable bonds is 5. The van der Waals surface area contributed by atoms with E-state index < -0.39 is 12.1 Å². The standard InChI is InChI=1S/C14H17N3O3/c18-12(8-11-9-13(19)17-14(20)16-11)15-7-6-10-4-2-1-3-5-10/h1-5,11H,6-9H2,(H,15,18)(H2,16,17,19,20). The van der Waals surface area contributed by atoms with Gasteiger partial charge in [-0.15, -0.1) is 0 Å². The van der Waals surface area contributed by atoms with Crippen LogP contribution in [0.25, 0.3) is 0 Å². The molecule has 20 heavy (non-hydrogen) atoms. The average molecular weight is 275 g/mol. The van der Waals surface area contributed by atoms with Crippen LogP contribution < -0.4 is 16.0 Å². The molecule has 0 radical (unpaired) electrons. The largest absolute Gasteiger partial charge is 0.356 e. The average Bonchev–Trinajstić information content (AvgIpc) is 2.38. The lowest BCUT2D eigenvalue weighted by Gasteiger charge is -2.22. The summed E-state index contributed by atoms with van der Waals surface area (Å²) in [5, 5.41) is 7.47. The second kappa shape index (κ2) is 6.70. The Balaban J connectivity index is 1.70. The summed E-state index contributed by atoms with van der Waals surface area (Å²) in [7, 11) is 0. The monoisotopic (exact) mass is 275 g/mol. The summed E-state index contributed by atoms with van der Waals surface area (Å²) in [5.41, 5.74) is 1.15. The van der Waals surface area contributed by atoms with Gasteiger partial charge < -0.3 is 10.6 Å². The minimum absolute atomic E-state index is 0.119. The van der Waals surface area contributed by atoms with Gasteiger partial charge in [0.2, 0.25) is 11.8 Å². The van der Waals surface area contributed by atoms with Crippen LogP contribution in [0.15, 0.2) is 30.3 Å². The maximum Gasteiger partial charge on any atom is 0.321 e. The Bertz CT molecular complexity index is 486. The quantitative estimate of drug-likeness (QED) is 0.724. The minimum Gasteiger partial charge on any atom is -0.356 e. The number of amides is 4. The lowest BCUT2D eigenvalue weighted by molar-refractivity contribution is -0.123. The molecule has 0 bridgehead atoms. The van der Waals surface area contributed by atoms with Gasteiger partial charge in [0.25, 0.3) is 0 Å². The normalized spacial score (nSPS) is 18.1. The summed E-state index contributed by atoms with van der Waals surface area (Å²) >= 11 is 0. The second-order valence-electron chi connectivity index (χ2n) is 4.71. The highest BCUT2D eigenvalue weighted by Crippen LogP contribution is 2.03. The summed E-state index contributed by atoms with van der Waals surface area (Å²) < 4.78 is 0. The molecule has 0 aliphatic carbocycles. The molecule has 0 saturated carbocycles. The Kier molecular flexibility index (Phi) is 4.70. The number of nitrogens with one attached hydrogen (secondary N) is 3. The molecular formula is C14H17N3O3. The van der Waals surface area contributed by atoms with Gasteiger partial charge in [-0.2, -0.15) is 0 Å². The van der Waals surface area contributed by atoms with Crippen LogP contribution in [0.4, 0.5) is 4.79 Å². The van der Waals surface area contributed by atoms with Gasteiger partial charge in [0.05, 0.1) is 0 Å². The van der Waals surface area contributed by atoms with Crippen molar-refractivity contribution in [2.45, 2.75) is 25.3 Å². The lowest BCUT2D eigenvalue weighted by Crippen LogP contribution is -2.53. The van der Waals surface area contributed by atoms with Crippen LogP contribution in [-0.4, -0.2) is 30.4 Å². The molecule has 0 spiro atoms. The molecule has 1 aromatic rings. The van der Waals surface area contributed by atoms with E-state index in [-0.39, 0.29) is 24.7 Å². The molecule has 6 heteroatoms. The van der Waals surface area contributed by atoms with E-state index in [9.17, 15) is 14.4 Å². The maximum atomic E-state index is 11.7. The molecule has 1 saturated heterocycles. The van der Waals surface area contributed by atoms with Crippen molar-refractivity contribution in [2.24, 2.45) is 0 Å². The fourth-order valence-corrected chi connectivity index (χ4v) is 2.08. The van der Waals surface area contributed by atoms with Crippen molar-refractivity contribution >= 4 is 17.8 Å². The van der Waals surface area contributed by atoms with Gasteiger partial charge in [-0.25, -0.2) is 4.79 Å². The predicted molar refractivity (Wildman–Crippen MR) is 72.9 cm³/mol. The molecule has 1 unspecified atom stereocenters. The first-order valence-corrected chi connectivity index (χ1v) is 6.54. The van der Waals surface area contributed by atoms with Crippen LogP contribution in [0, 0.1) is 0 Å². The van der Waals surface area contributed by atoms with Crippen molar-refractivity contribution in [3.05, 3.63) is 35.9 Å². The van der Waals surface area contributed by atoms with E-state index in [1.165, 1.54) is 0 Å². The number of imide groups is 1. The number of urea groups is 1. The molecule has 1 aliphatic heterocycles. The van der Waals surface area contributed by atoms with Crippen molar-refractivity contribution in [3.8, 4) is 0 Å². The first kappa shape index (κ1) is 14.0. The molecule has 1 heterocycles. The lowest BCUT2D eigenvalue weighted by atomic mass is 10.1. The van der Waals surface area contributed by atoms with Gasteiger partial charge in [0.15, 0.2) is 0 Å². The highest BCUT2D eigenvalue weighted by atomic mass is 16.2. The zero-order valence-electron chi connectivity index (χ0n) is 11.0. The number of hydrogen-bond acceptors (Lipinski definition) is 3. The zero-order valence-corrected chi connectivity index (χ0v) is 11.0. The highest BCUT2D eigenvalue weighted by molar-refractivity contribution is 5.97. The summed E-state index contributed by atoms with van der Waals surface area (Å²) in [5.74, 6) is -0.517.